The quantitative estimate of drug-likeness (QED) is 0.738. The monoisotopic (exact) mass is 276 g/mol. The molecule has 0 saturated carbocycles. The highest BCUT2D eigenvalue weighted by Crippen LogP contribution is 2.36. The normalized spacial score (nSPS) is 23.9. The van der Waals surface area contributed by atoms with Gasteiger partial charge in [0.2, 0.25) is 0 Å². The van der Waals surface area contributed by atoms with Crippen LogP contribution < -0.4 is 5.59 Å². The molecule has 7 heteroatoms. The van der Waals surface area contributed by atoms with Crippen LogP contribution in [0.15, 0.2) is 18.1 Å². The van der Waals surface area contributed by atoms with E-state index in [1.807, 2.05) is 0 Å². The molecule has 19 heavy (non-hydrogen) atoms. The summed E-state index contributed by atoms with van der Waals surface area (Å²) < 4.78 is 72.6. The van der Waals surface area contributed by atoms with Crippen molar-refractivity contribution in [1.82, 2.24) is 4.98 Å². The summed E-state index contributed by atoms with van der Waals surface area (Å²) in [5.41, 5.74) is -3.58. The molecule has 1 aromatic heterocycles. The van der Waals surface area contributed by atoms with Crippen LogP contribution in [0.3, 0.4) is 0 Å². The van der Waals surface area contributed by atoms with Crippen molar-refractivity contribution in [3.05, 3.63) is 23.8 Å². The Morgan fingerprint density at radius 1 is 1.16 bits per heavy atom. The van der Waals surface area contributed by atoms with Gasteiger partial charge in [0, 0.05) is 0 Å². The molecule has 1 aromatic rings. The van der Waals surface area contributed by atoms with Gasteiger partial charge in [-0.25, -0.2) is 0 Å². The van der Waals surface area contributed by atoms with Crippen molar-refractivity contribution in [2.75, 3.05) is 0 Å². The minimum absolute atomic E-state index is 0.438. The first-order chi connectivity index (χ1) is 9.78. The Morgan fingerprint density at radius 3 is 2.16 bits per heavy atom. The van der Waals surface area contributed by atoms with E-state index < -0.39 is 53.9 Å². The summed E-state index contributed by atoms with van der Waals surface area (Å²) in [6.45, 7) is 6.84. The Balaban J connectivity index is 2.56. The molecule has 104 valence electrons. The summed E-state index contributed by atoms with van der Waals surface area (Å²) in [5.74, 6) is 0. The molecule has 0 amide bonds. The standard InChI is InChI=1S/C12H15BF3NO2/c1-10(2)11(3,4)19-13(18-10)9-7-5-6-8(17-9)12(14,15)16/h5-7H,1-4H3/i5D,6D,7D. The molecule has 0 bridgehead atoms. The van der Waals surface area contributed by atoms with Crippen molar-refractivity contribution in [3.63, 3.8) is 0 Å². The van der Waals surface area contributed by atoms with E-state index in [4.69, 9.17) is 13.4 Å². The molecule has 0 N–H and O–H groups in total. The fourth-order valence-corrected chi connectivity index (χ4v) is 1.53. The molecule has 1 saturated heterocycles. The smallest absolute Gasteiger partial charge is 0.398 e. The van der Waals surface area contributed by atoms with Gasteiger partial charge < -0.3 is 9.31 Å². The third-order valence-electron chi connectivity index (χ3n) is 3.35. The third kappa shape index (κ3) is 2.62. The Bertz CT molecular complexity index is 607. The van der Waals surface area contributed by atoms with Gasteiger partial charge in [-0.2, -0.15) is 13.2 Å². The Morgan fingerprint density at radius 2 is 1.68 bits per heavy atom. The minimum atomic E-state index is -4.89. The molecule has 0 radical (unpaired) electrons. The summed E-state index contributed by atoms with van der Waals surface area (Å²) in [6.07, 6.45) is -4.89. The van der Waals surface area contributed by atoms with Crippen molar-refractivity contribution >= 4 is 12.7 Å². The Labute approximate surface area is 114 Å². The fraction of sp³-hybridized carbons (Fsp3) is 0.583. The molecule has 2 rings (SSSR count). The fourth-order valence-electron chi connectivity index (χ4n) is 1.53. The molecule has 0 unspecified atom stereocenters. The van der Waals surface area contributed by atoms with Crippen LogP contribution in [-0.2, 0) is 15.5 Å². The molecule has 2 heterocycles. The summed E-state index contributed by atoms with van der Waals surface area (Å²) >= 11 is 0. The van der Waals surface area contributed by atoms with E-state index in [0.29, 0.717) is 0 Å². The van der Waals surface area contributed by atoms with Gasteiger partial charge in [0.05, 0.1) is 20.9 Å². The van der Waals surface area contributed by atoms with Crippen molar-refractivity contribution in [2.24, 2.45) is 0 Å². The van der Waals surface area contributed by atoms with Gasteiger partial charge in [0.25, 0.3) is 0 Å². The molecule has 0 spiro atoms. The van der Waals surface area contributed by atoms with E-state index >= 15 is 0 Å². The van der Waals surface area contributed by atoms with Crippen molar-refractivity contribution in [2.45, 2.75) is 45.1 Å². The number of aromatic nitrogens is 1. The van der Waals surface area contributed by atoms with Crippen LogP contribution in [-0.4, -0.2) is 23.3 Å². The topological polar surface area (TPSA) is 31.4 Å². The first kappa shape index (κ1) is 10.7. The average molecular weight is 276 g/mol. The van der Waals surface area contributed by atoms with E-state index in [2.05, 4.69) is 4.98 Å². The van der Waals surface area contributed by atoms with E-state index in [1.165, 1.54) is 0 Å². The lowest BCUT2D eigenvalue weighted by Gasteiger charge is -2.32. The lowest BCUT2D eigenvalue weighted by molar-refractivity contribution is -0.141. The second kappa shape index (κ2) is 4.21. The number of hydrogen-bond acceptors (Lipinski definition) is 3. The van der Waals surface area contributed by atoms with Gasteiger partial charge in [-0.05, 0) is 39.8 Å². The van der Waals surface area contributed by atoms with Gasteiger partial charge in [0.1, 0.15) is 5.69 Å². The average Bonchev–Trinajstić information content (AvgIpc) is 2.54. The SMILES string of the molecule is [2H]c1c(B2OC(C)(C)C(C)(C)O2)nc(C(F)(F)F)c([2H])c1[2H]. The first-order valence-corrected chi connectivity index (χ1v) is 5.68. The molecule has 3 nitrogen and oxygen atoms in total. The van der Waals surface area contributed by atoms with Crippen LogP contribution in [0.1, 0.15) is 37.5 Å². The van der Waals surface area contributed by atoms with Crippen LogP contribution in [0.25, 0.3) is 0 Å². The summed E-state index contributed by atoms with van der Waals surface area (Å²) in [5, 5.41) is 0. The maximum absolute atomic E-state index is 12.9. The van der Waals surface area contributed by atoms with E-state index in [1.54, 1.807) is 27.7 Å². The number of pyridine rings is 1. The summed E-state index contributed by atoms with van der Waals surface area (Å²) in [6, 6.07) is -2.58. The second-order valence-electron chi connectivity index (χ2n) is 5.31. The lowest BCUT2D eigenvalue weighted by Crippen LogP contribution is -2.41. The zero-order valence-electron chi connectivity index (χ0n) is 14.0. The molecule has 1 aliphatic heterocycles. The van der Waals surface area contributed by atoms with E-state index in [9.17, 15) is 13.2 Å². The van der Waals surface area contributed by atoms with Crippen LogP contribution >= 0.6 is 0 Å². The van der Waals surface area contributed by atoms with Crippen molar-refractivity contribution < 1.29 is 26.6 Å². The van der Waals surface area contributed by atoms with Gasteiger partial charge in [0.15, 0.2) is 0 Å². The Kier molecular flexibility index (Phi) is 2.37. The van der Waals surface area contributed by atoms with E-state index in [0.717, 1.165) is 0 Å². The molecule has 0 atom stereocenters. The van der Waals surface area contributed by atoms with Crippen LogP contribution in [0.5, 0.6) is 0 Å². The van der Waals surface area contributed by atoms with Crippen molar-refractivity contribution in [3.8, 4) is 0 Å². The molecule has 1 aliphatic rings. The number of rotatable bonds is 1. The summed E-state index contributed by atoms with van der Waals surface area (Å²) in [7, 11) is -1.29. The lowest BCUT2D eigenvalue weighted by atomic mass is 9.84. The highest BCUT2D eigenvalue weighted by molar-refractivity contribution is 6.61. The second-order valence-corrected chi connectivity index (χ2v) is 5.31. The minimum Gasteiger partial charge on any atom is -0.398 e. The maximum atomic E-state index is 12.9. The molecule has 1 fully saturated rings. The highest BCUT2D eigenvalue weighted by Gasteiger charge is 2.52. The van der Waals surface area contributed by atoms with Gasteiger partial charge in [-0.15, -0.1) is 0 Å². The largest absolute Gasteiger partial charge is 0.514 e. The van der Waals surface area contributed by atoms with Crippen LogP contribution in [0, 0.1) is 0 Å². The number of hydrogen-bond donors (Lipinski definition) is 0. The van der Waals surface area contributed by atoms with Gasteiger partial charge in [-0.3, -0.25) is 4.98 Å². The van der Waals surface area contributed by atoms with E-state index in [-0.39, 0.29) is 0 Å². The maximum Gasteiger partial charge on any atom is 0.514 e. The van der Waals surface area contributed by atoms with Crippen LogP contribution in [0.2, 0.25) is 0 Å². The van der Waals surface area contributed by atoms with Crippen molar-refractivity contribution in [1.29, 1.82) is 0 Å². The predicted molar refractivity (Wildman–Crippen MR) is 65.0 cm³/mol. The zero-order valence-corrected chi connectivity index (χ0v) is 11.0. The zero-order chi connectivity index (χ0) is 17.1. The molecular formula is C12H15BF3NO2. The number of alkyl halides is 3. The molecular weight excluding hydrogens is 258 g/mol. The Hall–Kier alpha value is -1.08. The first-order valence-electron chi connectivity index (χ1n) is 7.18. The van der Waals surface area contributed by atoms with Gasteiger partial charge >= 0.3 is 13.3 Å². The molecule has 0 aliphatic carbocycles. The molecule has 0 aromatic carbocycles. The highest BCUT2D eigenvalue weighted by atomic mass is 19.4. The van der Waals surface area contributed by atoms with Gasteiger partial charge in [-0.1, -0.05) is 6.04 Å². The van der Waals surface area contributed by atoms with Crippen LogP contribution in [0.4, 0.5) is 13.2 Å². The number of halogens is 3. The number of nitrogens with zero attached hydrogens (tertiary/aromatic N) is 1. The predicted octanol–water partition coefficient (Wildman–Crippen LogP) is 2.40. The third-order valence-corrected chi connectivity index (χ3v) is 3.35. The summed E-state index contributed by atoms with van der Waals surface area (Å²) in [4.78, 5) is 3.35.